The third kappa shape index (κ3) is 5.03. The fourth-order valence-electron chi connectivity index (χ4n) is 1.94. The van der Waals surface area contributed by atoms with Crippen LogP contribution >= 0.6 is 0 Å². The van der Waals surface area contributed by atoms with Crippen molar-refractivity contribution in [1.82, 2.24) is 5.32 Å². The number of hydrogen-bond acceptors (Lipinski definition) is 2. The smallest absolute Gasteiger partial charge is 0.326 e. The van der Waals surface area contributed by atoms with Gasteiger partial charge in [-0.1, -0.05) is 50.1 Å². The number of carboxylic acid groups (broad SMARTS) is 1. The lowest BCUT2D eigenvalue weighted by Crippen LogP contribution is -2.45. The van der Waals surface area contributed by atoms with Gasteiger partial charge in [-0.25, -0.2) is 4.79 Å². The van der Waals surface area contributed by atoms with E-state index in [0.717, 1.165) is 12.0 Å². The number of nitrogens with one attached hydrogen (secondary N) is 1. The Hall–Kier alpha value is -1.84. The molecular weight excluding hydrogens is 254 g/mol. The van der Waals surface area contributed by atoms with Gasteiger partial charge in [-0.3, -0.25) is 4.79 Å². The van der Waals surface area contributed by atoms with Crippen LogP contribution in [0.15, 0.2) is 24.3 Å². The highest BCUT2D eigenvalue weighted by atomic mass is 16.4. The van der Waals surface area contributed by atoms with Gasteiger partial charge < -0.3 is 10.4 Å². The maximum absolute atomic E-state index is 11.8. The number of benzene rings is 1. The number of hydrogen-bond donors (Lipinski definition) is 2. The minimum Gasteiger partial charge on any atom is -0.480 e. The third-order valence-electron chi connectivity index (χ3n) is 3.56. The van der Waals surface area contributed by atoms with Crippen LogP contribution in [0.4, 0.5) is 0 Å². The molecule has 0 radical (unpaired) electrons. The summed E-state index contributed by atoms with van der Waals surface area (Å²) in [5, 5.41) is 11.7. The van der Waals surface area contributed by atoms with Crippen molar-refractivity contribution in [2.75, 3.05) is 0 Å². The SMILES string of the molecule is CC[C@H](C)[C@H](NC(=O)CCc1ccc(C)cc1)C(=O)O. The Morgan fingerprint density at radius 3 is 2.35 bits per heavy atom. The molecule has 1 aromatic rings. The molecule has 4 nitrogen and oxygen atoms in total. The topological polar surface area (TPSA) is 66.4 Å². The molecule has 0 aliphatic heterocycles. The van der Waals surface area contributed by atoms with Crippen molar-refractivity contribution < 1.29 is 14.7 Å². The number of carbonyl (C=O) groups is 2. The van der Waals surface area contributed by atoms with E-state index in [0.29, 0.717) is 12.8 Å². The molecule has 1 amide bonds. The summed E-state index contributed by atoms with van der Waals surface area (Å²) < 4.78 is 0. The van der Waals surface area contributed by atoms with Crippen molar-refractivity contribution in [2.24, 2.45) is 5.92 Å². The largest absolute Gasteiger partial charge is 0.480 e. The summed E-state index contributed by atoms with van der Waals surface area (Å²) >= 11 is 0. The van der Waals surface area contributed by atoms with E-state index in [1.165, 1.54) is 5.56 Å². The van der Waals surface area contributed by atoms with Crippen molar-refractivity contribution in [3.63, 3.8) is 0 Å². The van der Waals surface area contributed by atoms with Crippen LogP contribution in [-0.2, 0) is 16.0 Å². The standard InChI is InChI=1S/C16H23NO3/c1-4-12(3)15(16(19)20)17-14(18)10-9-13-7-5-11(2)6-8-13/h5-8,12,15H,4,9-10H2,1-3H3,(H,17,18)(H,19,20)/t12-,15-/m0/s1. The van der Waals surface area contributed by atoms with E-state index < -0.39 is 12.0 Å². The first kappa shape index (κ1) is 16.2. The minimum atomic E-state index is -0.969. The number of aliphatic carboxylic acids is 1. The van der Waals surface area contributed by atoms with Gasteiger partial charge in [-0.05, 0) is 24.8 Å². The molecule has 0 aromatic heterocycles. The van der Waals surface area contributed by atoms with Gasteiger partial charge in [0, 0.05) is 6.42 Å². The molecule has 0 unspecified atom stereocenters. The van der Waals surface area contributed by atoms with Gasteiger partial charge in [0.1, 0.15) is 6.04 Å². The van der Waals surface area contributed by atoms with E-state index in [9.17, 15) is 9.59 Å². The van der Waals surface area contributed by atoms with Gasteiger partial charge in [-0.15, -0.1) is 0 Å². The van der Waals surface area contributed by atoms with Crippen LogP contribution in [0.3, 0.4) is 0 Å². The van der Waals surface area contributed by atoms with Crippen LogP contribution in [0.1, 0.15) is 37.8 Å². The van der Waals surface area contributed by atoms with Gasteiger partial charge in [0.15, 0.2) is 0 Å². The number of carbonyl (C=O) groups excluding carboxylic acids is 1. The first-order valence-electron chi connectivity index (χ1n) is 7.01. The summed E-state index contributed by atoms with van der Waals surface area (Å²) in [6.07, 6.45) is 1.65. The highest BCUT2D eigenvalue weighted by Crippen LogP contribution is 2.09. The normalized spacial score (nSPS) is 13.6. The molecule has 1 aromatic carbocycles. The van der Waals surface area contributed by atoms with Crippen molar-refractivity contribution in [2.45, 2.75) is 46.1 Å². The zero-order valence-corrected chi connectivity index (χ0v) is 12.3. The number of rotatable bonds is 7. The summed E-state index contributed by atoms with van der Waals surface area (Å²) in [5.41, 5.74) is 2.27. The van der Waals surface area contributed by atoms with Gasteiger partial charge in [0.05, 0.1) is 0 Å². The lowest BCUT2D eigenvalue weighted by atomic mass is 9.99. The Morgan fingerprint density at radius 1 is 1.25 bits per heavy atom. The van der Waals surface area contributed by atoms with E-state index >= 15 is 0 Å². The molecule has 1 rings (SSSR count). The molecule has 0 spiro atoms. The number of amides is 1. The molecule has 0 heterocycles. The third-order valence-corrected chi connectivity index (χ3v) is 3.56. The Balaban J connectivity index is 2.49. The van der Waals surface area contributed by atoms with Gasteiger partial charge >= 0.3 is 5.97 Å². The highest BCUT2D eigenvalue weighted by molar-refractivity contribution is 5.83. The summed E-state index contributed by atoms with van der Waals surface area (Å²) in [7, 11) is 0. The highest BCUT2D eigenvalue weighted by Gasteiger charge is 2.24. The summed E-state index contributed by atoms with van der Waals surface area (Å²) in [4.78, 5) is 23.0. The molecule has 4 heteroatoms. The number of carboxylic acids is 1. The molecule has 0 aliphatic carbocycles. The quantitative estimate of drug-likeness (QED) is 0.805. The van der Waals surface area contributed by atoms with E-state index in [1.54, 1.807) is 0 Å². The molecule has 0 fully saturated rings. The average molecular weight is 277 g/mol. The predicted octanol–water partition coefficient (Wildman–Crippen LogP) is 2.54. The van der Waals surface area contributed by atoms with Crippen LogP contribution in [0.5, 0.6) is 0 Å². The predicted molar refractivity (Wildman–Crippen MR) is 78.5 cm³/mol. The minimum absolute atomic E-state index is 0.0733. The van der Waals surface area contributed by atoms with Crippen molar-refractivity contribution in [3.8, 4) is 0 Å². The van der Waals surface area contributed by atoms with Gasteiger partial charge in [0.2, 0.25) is 5.91 Å². The Morgan fingerprint density at radius 2 is 1.85 bits per heavy atom. The summed E-state index contributed by atoms with van der Waals surface area (Å²) in [5.74, 6) is -1.25. The average Bonchev–Trinajstić information content (AvgIpc) is 2.43. The first-order valence-corrected chi connectivity index (χ1v) is 7.01. The van der Waals surface area contributed by atoms with Crippen LogP contribution in [-0.4, -0.2) is 23.0 Å². The lowest BCUT2D eigenvalue weighted by molar-refractivity contribution is -0.143. The van der Waals surface area contributed by atoms with Gasteiger partial charge in [0.25, 0.3) is 0 Å². The zero-order chi connectivity index (χ0) is 15.1. The maximum atomic E-state index is 11.8. The fourth-order valence-corrected chi connectivity index (χ4v) is 1.94. The zero-order valence-electron chi connectivity index (χ0n) is 12.3. The molecule has 2 atom stereocenters. The molecule has 20 heavy (non-hydrogen) atoms. The Bertz CT molecular complexity index is 453. The van der Waals surface area contributed by atoms with E-state index in [4.69, 9.17) is 5.11 Å². The van der Waals surface area contributed by atoms with Crippen molar-refractivity contribution in [1.29, 1.82) is 0 Å². The van der Waals surface area contributed by atoms with Crippen molar-refractivity contribution in [3.05, 3.63) is 35.4 Å². The fraction of sp³-hybridized carbons (Fsp3) is 0.500. The molecule has 0 saturated carbocycles. The van der Waals surface area contributed by atoms with Crippen LogP contribution in [0.25, 0.3) is 0 Å². The van der Waals surface area contributed by atoms with E-state index in [1.807, 2.05) is 45.0 Å². The Kier molecular flexibility index (Phi) is 6.22. The summed E-state index contributed by atoms with van der Waals surface area (Å²) in [6.45, 7) is 5.76. The second-order valence-corrected chi connectivity index (χ2v) is 5.25. The molecule has 110 valence electrons. The number of aryl methyl sites for hydroxylation is 2. The van der Waals surface area contributed by atoms with Crippen molar-refractivity contribution >= 4 is 11.9 Å². The monoisotopic (exact) mass is 277 g/mol. The lowest BCUT2D eigenvalue weighted by Gasteiger charge is -2.20. The molecule has 2 N–H and O–H groups in total. The first-order chi connectivity index (χ1) is 9.43. The second kappa shape index (κ2) is 7.68. The van der Waals surface area contributed by atoms with Gasteiger partial charge in [-0.2, -0.15) is 0 Å². The molecule has 0 saturated heterocycles. The van der Waals surface area contributed by atoms with Crippen LogP contribution < -0.4 is 5.32 Å². The van der Waals surface area contributed by atoms with Crippen LogP contribution in [0, 0.1) is 12.8 Å². The maximum Gasteiger partial charge on any atom is 0.326 e. The van der Waals surface area contributed by atoms with Crippen LogP contribution in [0.2, 0.25) is 0 Å². The van der Waals surface area contributed by atoms with E-state index in [-0.39, 0.29) is 11.8 Å². The van der Waals surface area contributed by atoms with E-state index in [2.05, 4.69) is 5.32 Å². The molecule has 0 bridgehead atoms. The second-order valence-electron chi connectivity index (χ2n) is 5.25. The molecule has 0 aliphatic rings. The Labute approximate surface area is 120 Å². The summed E-state index contributed by atoms with van der Waals surface area (Å²) in [6, 6.07) is 7.20. The molecular formula is C16H23NO3.